The van der Waals surface area contributed by atoms with E-state index in [1.165, 1.54) is 11.3 Å². The molecule has 4 rings (SSSR count). The van der Waals surface area contributed by atoms with Crippen LogP contribution in [0.25, 0.3) is 0 Å². The molecule has 1 aliphatic carbocycles. The monoisotopic (exact) mass is 304 g/mol. The van der Waals surface area contributed by atoms with Crippen LogP contribution in [0.5, 0.6) is 0 Å². The molecule has 0 saturated carbocycles. The fourth-order valence-corrected chi connectivity index (χ4v) is 3.50. The molecule has 0 amide bonds. The van der Waals surface area contributed by atoms with Crippen LogP contribution in [0.1, 0.15) is 26.7 Å². The molecule has 2 heterocycles. The Kier molecular flexibility index (Phi) is 3.37. The van der Waals surface area contributed by atoms with Crippen LogP contribution in [0.4, 0.5) is 17.2 Å². The first-order valence-electron chi connectivity index (χ1n) is 8.08. The van der Waals surface area contributed by atoms with Crippen LogP contribution < -0.4 is 9.80 Å². The van der Waals surface area contributed by atoms with Crippen LogP contribution >= 0.6 is 0 Å². The second kappa shape index (κ2) is 5.54. The van der Waals surface area contributed by atoms with Gasteiger partial charge in [-0.3, -0.25) is 0 Å². The number of rotatable bonds is 2. The van der Waals surface area contributed by atoms with E-state index in [9.17, 15) is 0 Å². The van der Waals surface area contributed by atoms with E-state index < -0.39 is 0 Å². The largest absolute Gasteiger partial charge is 0.316 e. The first kappa shape index (κ1) is 14.0. The Bertz CT molecular complexity index is 779. The Morgan fingerprint density at radius 2 is 1.83 bits per heavy atom. The summed E-state index contributed by atoms with van der Waals surface area (Å²) in [5, 5.41) is 0. The van der Waals surface area contributed by atoms with Crippen molar-refractivity contribution in [3.63, 3.8) is 0 Å². The van der Waals surface area contributed by atoms with E-state index in [2.05, 4.69) is 70.0 Å². The lowest BCUT2D eigenvalue weighted by molar-refractivity contribution is 0.725. The van der Waals surface area contributed by atoms with Crippen LogP contribution in [0.3, 0.4) is 0 Å². The third kappa shape index (κ3) is 2.22. The van der Waals surface area contributed by atoms with Crippen molar-refractivity contribution in [1.82, 2.24) is 9.97 Å². The summed E-state index contributed by atoms with van der Waals surface area (Å²) < 4.78 is 0. The standard InChI is InChI=1S/C19H20N4/c1-14-8-6-7-11-17(14)23-15(2)22(16-9-4-3-5-10-16)18-12-20-13-21-19(18)23/h3-5,8-13,15H,6-7H2,1-2H3/t15-/m1/s1. The van der Waals surface area contributed by atoms with Crippen molar-refractivity contribution >= 4 is 17.2 Å². The Morgan fingerprint density at radius 3 is 2.61 bits per heavy atom. The number of aromatic nitrogens is 2. The highest BCUT2D eigenvalue weighted by Crippen LogP contribution is 2.45. The van der Waals surface area contributed by atoms with Crippen molar-refractivity contribution in [2.45, 2.75) is 32.9 Å². The molecule has 0 saturated heterocycles. The summed E-state index contributed by atoms with van der Waals surface area (Å²) in [6.45, 7) is 4.40. The molecule has 116 valence electrons. The van der Waals surface area contributed by atoms with Gasteiger partial charge in [0.05, 0.1) is 6.20 Å². The SMILES string of the molecule is CC1=CCCC=C1N1c2ncncc2N(c2ccccc2)[C@H]1C. The number of benzene rings is 1. The maximum atomic E-state index is 4.58. The summed E-state index contributed by atoms with van der Waals surface area (Å²) in [5.41, 5.74) is 4.81. The molecule has 1 atom stereocenters. The highest BCUT2D eigenvalue weighted by molar-refractivity contribution is 5.82. The lowest BCUT2D eigenvalue weighted by Crippen LogP contribution is -2.38. The summed E-state index contributed by atoms with van der Waals surface area (Å²) in [4.78, 5) is 13.5. The Hall–Kier alpha value is -2.62. The predicted octanol–water partition coefficient (Wildman–Crippen LogP) is 4.40. The van der Waals surface area contributed by atoms with Crippen molar-refractivity contribution in [3.8, 4) is 0 Å². The van der Waals surface area contributed by atoms with Gasteiger partial charge in [-0.25, -0.2) is 9.97 Å². The van der Waals surface area contributed by atoms with Crippen molar-refractivity contribution in [3.05, 3.63) is 66.3 Å². The maximum Gasteiger partial charge on any atom is 0.162 e. The lowest BCUT2D eigenvalue weighted by Gasteiger charge is -2.32. The zero-order chi connectivity index (χ0) is 15.8. The molecular formula is C19H20N4. The zero-order valence-corrected chi connectivity index (χ0v) is 13.5. The van der Waals surface area contributed by atoms with E-state index in [-0.39, 0.29) is 6.17 Å². The molecule has 0 fully saturated rings. The van der Waals surface area contributed by atoms with E-state index in [0.29, 0.717) is 0 Å². The number of para-hydroxylation sites is 1. The number of fused-ring (bicyclic) bond motifs is 1. The second-order valence-electron chi connectivity index (χ2n) is 5.99. The molecule has 4 nitrogen and oxygen atoms in total. The van der Waals surface area contributed by atoms with E-state index in [4.69, 9.17) is 0 Å². The summed E-state index contributed by atoms with van der Waals surface area (Å²) in [5.74, 6) is 0.984. The van der Waals surface area contributed by atoms with Crippen molar-refractivity contribution < 1.29 is 0 Å². The summed E-state index contributed by atoms with van der Waals surface area (Å²) in [6.07, 6.45) is 10.6. The Labute approximate surface area is 136 Å². The molecule has 0 spiro atoms. The second-order valence-corrected chi connectivity index (χ2v) is 5.99. The van der Waals surface area contributed by atoms with Gasteiger partial charge in [0.1, 0.15) is 18.2 Å². The van der Waals surface area contributed by atoms with Gasteiger partial charge in [0, 0.05) is 11.4 Å². The molecule has 4 heteroatoms. The topological polar surface area (TPSA) is 32.3 Å². The molecule has 1 aromatic heterocycles. The van der Waals surface area contributed by atoms with Gasteiger partial charge in [-0.1, -0.05) is 30.4 Å². The minimum Gasteiger partial charge on any atom is -0.316 e. The van der Waals surface area contributed by atoms with Gasteiger partial charge in [0.15, 0.2) is 5.82 Å². The fraction of sp³-hybridized carbons (Fsp3) is 0.263. The molecule has 0 unspecified atom stereocenters. The molecule has 0 N–H and O–H groups in total. The average Bonchev–Trinajstić information content (AvgIpc) is 2.88. The van der Waals surface area contributed by atoms with Crippen molar-refractivity contribution in [2.75, 3.05) is 9.80 Å². The third-order valence-corrected chi connectivity index (χ3v) is 4.56. The van der Waals surface area contributed by atoms with Gasteiger partial charge in [-0.15, -0.1) is 0 Å². The first-order chi connectivity index (χ1) is 11.3. The highest BCUT2D eigenvalue weighted by Gasteiger charge is 2.37. The number of anilines is 3. The smallest absolute Gasteiger partial charge is 0.162 e. The summed E-state index contributed by atoms with van der Waals surface area (Å²) in [6, 6.07) is 10.4. The molecule has 2 aromatic rings. The molecule has 23 heavy (non-hydrogen) atoms. The molecular weight excluding hydrogens is 284 g/mol. The van der Waals surface area contributed by atoms with Gasteiger partial charge in [0.2, 0.25) is 0 Å². The Morgan fingerprint density at radius 1 is 1.04 bits per heavy atom. The molecule has 1 aliphatic heterocycles. The van der Waals surface area contributed by atoms with Crippen LogP contribution in [-0.2, 0) is 0 Å². The lowest BCUT2D eigenvalue weighted by atomic mass is 10.0. The normalized spacial score (nSPS) is 20.2. The van der Waals surface area contributed by atoms with E-state index >= 15 is 0 Å². The fourth-order valence-electron chi connectivity index (χ4n) is 3.50. The van der Waals surface area contributed by atoms with Crippen molar-refractivity contribution in [1.29, 1.82) is 0 Å². The van der Waals surface area contributed by atoms with E-state index in [1.807, 2.05) is 12.3 Å². The molecule has 0 radical (unpaired) electrons. The number of allylic oxidation sites excluding steroid dienone is 3. The van der Waals surface area contributed by atoms with E-state index in [0.717, 1.165) is 30.0 Å². The van der Waals surface area contributed by atoms with Gasteiger partial charge in [-0.2, -0.15) is 0 Å². The van der Waals surface area contributed by atoms with Gasteiger partial charge < -0.3 is 9.80 Å². The first-order valence-corrected chi connectivity index (χ1v) is 8.08. The summed E-state index contributed by atoms with van der Waals surface area (Å²) in [7, 11) is 0. The predicted molar refractivity (Wildman–Crippen MR) is 93.6 cm³/mol. The van der Waals surface area contributed by atoms with Crippen LogP contribution in [0.2, 0.25) is 0 Å². The molecule has 2 aliphatic rings. The third-order valence-electron chi connectivity index (χ3n) is 4.56. The number of nitrogens with zero attached hydrogens (tertiary/aromatic N) is 4. The van der Waals surface area contributed by atoms with Crippen LogP contribution in [0.15, 0.2) is 66.3 Å². The highest BCUT2D eigenvalue weighted by atomic mass is 15.4. The minimum absolute atomic E-state index is 0.164. The van der Waals surface area contributed by atoms with Crippen LogP contribution in [0, 0.1) is 0 Å². The van der Waals surface area contributed by atoms with Crippen molar-refractivity contribution in [2.24, 2.45) is 0 Å². The molecule has 1 aromatic carbocycles. The van der Waals surface area contributed by atoms with Gasteiger partial charge in [0.25, 0.3) is 0 Å². The maximum absolute atomic E-state index is 4.58. The number of hydrogen-bond donors (Lipinski definition) is 0. The van der Waals surface area contributed by atoms with Gasteiger partial charge in [-0.05, 0) is 44.4 Å². The van der Waals surface area contributed by atoms with E-state index in [1.54, 1.807) is 6.33 Å². The quantitative estimate of drug-likeness (QED) is 0.823. The minimum atomic E-state index is 0.164. The van der Waals surface area contributed by atoms with Gasteiger partial charge >= 0.3 is 0 Å². The van der Waals surface area contributed by atoms with Crippen LogP contribution in [-0.4, -0.2) is 16.1 Å². The molecule has 0 bridgehead atoms. The Balaban J connectivity index is 1.84. The average molecular weight is 304 g/mol. The zero-order valence-electron chi connectivity index (χ0n) is 13.5. The number of hydrogen-bond acceptors (Lipinski definition) is 4. The summed E-state index contributed by atoms with van der Waals surface area (Å²) >= 11 is 0.